The first-order valence-corrected chi connectivity index (χ1v) is 5.84. The highest BCUT2D eigenvalue weighted by Crippen LogP contribution is 2.16. The molecule has 1 aromatic rings. The Kier molecular flexibility index (Phi) is 5.68. The third-order valence-corrected chi connectivity index (χ3v) is 2.47. The van der Waals surface area contributed by atoms with E-state index in [0.29, 0.717) is 6.61 Å². The van der Waals surface area contributed by atoms with Gasteiger partial charge in [0.1, 0.15) is 0 Å². The number of carbonyl (C=O) groups excluding carboxylic acids is 1. The molecule has 0 aromatic heterocycles. The highest BCUT2D eigenvalue weighted by Gasteiger charge is 2.14. The van der Waals surface area contributed by atoms with Crippen LogP contribution in [0.25, 0.3) is 0 Å². The lowest BCUT2D eigenvalue weighted by atomic mass is 10.1. The van der Waals surface area contributed by atoms with Gasteiger partial charge in [-0.2, -0.15) is 0 Å². The average molecular weight is 260 g/mol. The zero-order valence-corrected chi connectivity index (χ0v) is 10.1. The van der Waals surface area contributed by atoms with E-state index in [0.717, 1.165) is 25.0 Å². The Morgan fingerprint density at radius 3 is 2.61 bits per heavy atom. The molecule has 100 valence electrons. The van der Waals surface area contributed by atoms with Crippen molar-refractivity contribution < 1.29 is 22.7 Å². The van der Waals surface area contributed by atoms with Gasteiger partial charge >= 0.3 is 5.97 Å². The molecule has 2 nitrogen and oxygen atoms in total. The summed E-state index contributed by atoms with van der Waals surface area (Å²) in [5.74, 6) is -4.45. The van der Waals surface area contributed by atoms with E-state index in [9.17, 15) is 18.0 Å². The molecule has 0 saturated carbocycles. The predicted octanol–water partition coefficient (Wildman–Crippen LogP) is 3.38. The number of ether oxygens (including phenoxy) is 1. The first-order valence-electron chi connectivity index (χ1n) is 5.84. The van der Waals surface area contributed by atoms with Crippen molar-refractivity contribution in [3.05, 3.63) is 35.1 Å². The Morgan fingerprint density at radius 1 is 1.22 bits per heavy atom. The standard InChI is InChI=1S/C13H15F3O2/c1-2-3-8-18-11(17)7-5-9-4-6-10(14)13(16)12(9)15/h4,6H,2-3,5,7-8H2,1H3. The average Bonchev–Trinajstić information content (AvgIpc) is 2.35. The summed E-state index contributed by atoms with van der Waals surface area (Å²) < 4.78 is 43.7. The number of benzene rings is 1. The van der Waals surface area contributed by atoms with Crippen molar-refractivity contribution >= 4 is 5.97 Å². The highest BCUT2D eigenvalue weighted by atomic mass is 19.2. The van der Waals surface area contributed by atoms with E-state index in [4.69, 9.17) is 4.74 Å². The van der Waals surface area contributed by atoms with Crippen LogP contribution in [0.3, 0.4) is 0 Å². The molecule has 0 aliphatic rings. The number of unbranched alkanes of at least 4 members (excludes halogenated alkanes) is 1. The lowest BCUT2D eigenvalue weighted by Gasteiger charge is -2.05. The first kappa shape index (κ1) is 14.5. The monoisotopic (exact) mass is 260 g/mol. The van der Waals surface area contributed by atoms with Gasteiger partial charge in [-0.1, -0.05) is 19.4 Å². The molecule has 0 amide bonds. The molecule has 0 aliphatic heterocycles. The maximum absolute atomic E-state index is 13.3. The van der Waals surface area contributed by atoms with Crippen molar-refractivity contribution in [3.8, 4) is 0 Å². The van der Waals surface area contributed by atoms with Gasteiger partial charge in [0, 0.05) is 6.42 Å². The molecule has 0 bridgehead atoms. The van der Waals surface area contributed by atoms with Crippen LogP contribution in [-0.2, 0) is 16.0 Å². The van der Waals surface area contributed by atoms with Crippen LogP contribution in [0.5, 0.6) is 0 Å². The summed E-state index contributed by atoms with van der Waals surface area (Å²) in [5.41, 5.74) is -0.0265. The van der Waals surface area contributed by atoms with Crippen molar-refractivity contribution in [1.29, 1.82) is 0 Å². The Labute approximate surface area is 104 Å². The summed E-state index contributed by atoms with van der Waals surface area (Å²) in [6.07, 6.45) is 1.62. The molecule has 0 heterocycles. The Morgan fingerprint density at radius 2 is 1.94 bits per heavy atom. The van der Waals surface area contributed by atoms with Crippen LogP contribution in [0, 0.1) is 17.5 Å². The topological polar surface area (TPSA) is 26.3 Å². The SMILES string of the molecule is CCCCOC(=O)CCc1ccc(F)c(F)c1F. The van der Waals surface area contributed by atoms with Crippen LogP contribution < -0.4 is 0 Å². The van der Waals surface area contributed by atoms with Crippen LogP contribution in [0.1, 0.15) is 31.7 Å². The summed E-state index contributed by atoms with van der Waals surface area (Å²) in [5, 5.41) is 0. The van der Waals surface area contributed by atoms with Gasteiger partial charge in [-0.05, 0) is 24.5 Å². The van der Waals surface area contributed by atoms with E-state index >= 15 is 0 Å². The molecule has 0 N–H and O–H groups in total. The number of rotatable bonds is 6. The smallest absolute Gasteiger partial charge is 0.306 e. The van der Waals surface area contributed by atoms with Gasteiger partial charge in [0.25, 0.3) is 0 Å². The van der Waals surface area contributed by atoms with Crippen molar-refractivity contribution in [2.75, 3.05) is 6.61 Å². The fourth-order valence-electron chi connectivity index (χ4n) is 1.40. The minimum atomic E-state index is -1.51. The number of hydrogen-bond donors (Lipinski definition) is 0. The van der Waals surface area contributed by atoms with Crippen LogP contribution >= 0.6 is 0 Å². The van der Waals surface area contributed by atoms with Gasteiger partial charge in [0.2, 0.25) is 0 Å². The Hall–Kier alpha value is -1.52. The summed E-state index contributed by atoms with van der Waals surface area (Å²) in [6.45, 7) is 2.29. The maximum atomic E-state index is 13.3. The zero-order valence-electron chi connectivity index (χ0n) is 10.1. The van der Waals surface area contributed by atoms with Crippen LogP contribution in [-0.4, -0.2) is 12.6 Å². The molecule has 0 aliphatic carbocycles. The largest absolute Gasteiger partial charge is 0.466 e. The molecule has 0 fully saturated rings. The van der Waals surface area contributed by atoms with Gasteiger partial charge < -0.3 is 4.74 Å². The number of carbonyl (C=O) groups is 1. The Balaban J connectivity index is 2.49. The van der Waals surface area contributed by atoms with E-state index in [1.165, 1.54) is 0 Å². The van der Waals surface area contributed by atoms with E-state index < -0.39 is 23.4 Å². The lowest BCUT2D eigenvalue weighted by molar-refractivity contribution is -0.143. The third-order valence-electron chi connectivity index (χ3n) is 2.47. The van der Waals surface area contributed by atoms with Gasteiger partial charge in [-0.3, -0.25) is 4.79 Å². The molecule has 18 heavy (non-hydrogen) atoms. The van der Waals surface area contributed by atoms with Gasteiger partial charge in [0.05, 0.1) is 6.61 Å². The molecular weight excluding hydrogens is 245 g/mol. The van der Waals surface area contributed by atoms with Crippen LogP contribution in [0.4, 0.5) is 13.2 Å². The van der Waals surface area contributed by atoms with Crippen LogP contribution in [0.15, 0.2) is 12.1 Å². The molecule has 0 saturated heterocycles. The molecule has 0 spiro atoms. The van der Waals surface area contributed by atoms with E-state index in [2.05, 4.69) is 0 Å². The second kappa shape index (κ2) is 7.03. The summed E-state index contributed by atoms with van der Waals surface area (Å²) in [7, 11) is 0. The van der Waals surface area contributed by atoms with Crippen molar-refractivity contribution in [2.24, 2.45) is 0 Å². The van der Waals surface area contributed by atoms with Gasteiger partial charge in [-0.15, -0.1) is 0 Å². The van der Waals surface area contributed by atoms with Gasteiger partial charge in [-0.25, -0.2) is 13.2 Å². The maximum Gasteiger partial charge on any atom is 0.306 e. The van der Waals surface area contributed by atoms with Crippen molar-refractivity contribution in [1.82, 2.24) is 0 Å². The summed E-state index contributed by atoms with van der Waals surface area (Å²) >= 11 is 0. The Bertz CT molecular complexity index is 419. The fourth-order valence-corrected chi connectivity index (χ4v) is 1.40. The second-order valence-electron chi connectivity index (χ2n) is 3.91. The molecule has 1 rings (SSSR count). The molecule has 0 atom stereocenters. The highest BCUT2D eigenvalue weighted by molar-refractivity contribution is 5.69. The number of aryl methyl sites for hydroxylation is 1. The minimum absolute atomic E-state index is 0.00596. The van der Waals surface area contributed by atoms with E-state index in [1.807, 2.05) is 6.92 Å². The quantitative estimate of drug-likeness (QED) is 0.445. The van der Waals surface area contributed by atoms with Crippen LogP contribution in [0.2, 0.25) is 0 Å². The van der Waals surface area contributed by atoms with Crippen molar-refractivity contribution in [2.45, 2.75) is 32.6 Å². The van der Waals surface area contributed by atoms with E-state index in [1.54, 1.807) is 0 Å². The zero-order chi connectivity index (χ0) is 13.5. The third kappa shape index (κ3) is 4.05. The summed E-state index contributed by atoms with van der Waals surface area (Å²) in [4.78, 5) is 11.2. The van der Waals surface area contributed by atoms with Gasteiger partial charge in [0.15, 0.2) is 17.5 Å². The molecule has 0 radical (unpaired) electrons. The summed E-state index contributed by atoms with van der Waals surface area (Å²) in [6, 6.07) is 1.98. The first-order chi connectivity index (χ1) is 8.56. The fraction of sp³-hybridized carbons (Fsp3) is 0.462. The predicted molar refractivity (Wildman–Crippen MR) is 60.5 cm³/mol. The lowest BCUT2D eigenvalue weighted by Crippen LogP contribution is -2.08. The van der Waals surface area contributed by atoms with E-state index in [-0.39, 0.29) is 18.4 Å². The molecule has 1 aromatic carbocycles. The second-order valence-corrected chi connectivity index (χ2v) is 3.91. The van der Waals surface area contributed by atoms with Crippen molar-refractivity contribution in [3.63, 3.8) is 0 Å². The minimum Gasteiger partial charge on any atom is -0.466 e. The number of halogens is 3. The molecular formula is C13H15F3O2. The normalized spacial score (nSPS) is 10.4. The molecule has 0 unspecified atom stereocenters. The number of esters is 1. The molecule has 5 heteroatoms. The number of hydrogen-bond acceptors (Lipinski definition) is 2.